The fraction of sp³-hybridized carbons (Fsp3) is 0.182. The number of hydrogen-bond donors (Lipinski definition) is 0. The molecule has 0 N–H and O–H groups in total. The molecule has 2 aromatic rings. The fourth-order valence-electron chi connectivity index (χ4n) is 1.46. The molecule has 0 fully saturated rings. The molecule has 0 saturated carbocycles. The van der Waals surface area contributed by atoms with E-state index in [0.717, 1.165) is 16.5 Å². The molecule has 4 heteroatoms. The molecule has 1 heterocycles. The minimum atomic E-state index is 0.753. The lowest BCUT2D eigenvalue weighted by atomic mass is 10.2. The van der Waals surface area contributed by atoms with Crippen molar-refractivity contribution in [3.05, 3.63) is 47.5 Å². The van der Waals surface area contributed by atoms with Crippen LogP contribution in [0.1, 0.15) is 5.56 Å². The van der Waals surface area contributed by atoms with E-state index in [4.69, 9.17) is 11.6 Å². The van der Waals surface area contributed by atoms with Crippen LogP contribution in [0.5, 0.6) is 0 Å². The lowest BCUT2D eigenvalue weighted by Gasteiger charge is -2.09. The normalized spacial score (nSPS) is 10.5. The Hall–Kier alpha value is -0.930. The van der Waals surface area contributed by atoms with Crippen molar-refractivity contribution in [2.75, 3.05) is 6.26 Å². The number of aromatic nitrogens is 2. The highest BCUT2D eigenvalue weighted by molar-refractivity contribution is 7.97. The number of hydrogen-bond acceptors (Lipinski definition) is 2. The summed E-state index contributed by atoms with van der Waals surface area (Å²) in [6, 6.07) is 5.95. The highest BCUT2D eigenvalue weighted by Gasteiger charge is 2.04. The van der Waals surface area contributed by atoms with Gasteiger partial charge in [0.1, 0.15) is 0 Å². The van der Waals surface area contributed by atoms with E-state index in [1.807, 2.05) is 22.9 Å². The second-order valence-corrected chi connectivity index (χ2v) is 4.48. The molecule has 0 saturated heterocycles. The Morgan fingerprint density at radius 1 is 1.47 bits per heavy atom. The number of rotatable bonds is 3. The fourth-order valence-corrected chi connectivity index (χ4v) is 2.18. The predicted molar refractivity (Wildman–Crippen MR) is 65.8 cm³/mol. The second kappa shape index (κ2) is 4.73. The average molecular weight is 239 g/mol. The van der Waals surface area contributed by atoms with E-state index in [9.17, 15) is 0 Å². The molecule has 2 nitrogen and oxygen atoms in total. The van der Waals surface area contributed by atoms with Crippen molar-refractivity contribution < 1.29 is 0 Å². The van der Waals surface area contributed by atoms with Crippen molar-refractivity contribution in [3.8, 4) is 5.69 Å². The molecule has 0 aliphatic heterocycles. The Balaban J connectivity index is 2.47. The molecule has 15 heavy (non-hydrogen) atoms. The first kappa shape index (κ1) is 10.6. The monoisotopic (exact) mass is 238 g/mol. The van der Waals surface area contributed by atoms with Crippen molar-refractivity contribution in [1.82, 2.24) is 9.55 Å². The van der Waals surface area contributed by atoms with Gasteiger partial charge in [0.2, 0.25) is 0 Å². The lowest BCUT2D eigenvalue weighted by Crippen LogP contribution is -1.96. The topological polar surface area (TPSA) is 17.8 Å². The predicted octanol–water partition coefficient (Wildman–Crippen LogP) is 3.39. The molecule has 1 aromatic heterocycles. The summed E-state index contributed by atoms with van der Waals surface area (Å²) in [5.74, 6) is 0.977. The van der Waals surface area contributed by atoms with E-state index in [-0.39, 0.29) is 0 Å². The van der Waals surface area contributed by atoms with Crippen LogP contribution in [0.15, 0.2) is 36.9 Å². The zero-order valence-corrected chi connectivity index (χ0v) is 9.92. The van der Waals surface area contributed by atoms with Gasteiger partial charge in [0, 0.05) is 23.2 Å². The Labute approximate surface area is 98.3 Å². The molecular weight excluding hydrogens is 228 g/mol. The van der Waals surface area contributed by atoms with Gasteiger partial charge in [-0.05, 0) is 24.0 Å². The van der Waals surface area contributed by atoms with E-state index in [2.05, 4.69) is 17.3 Å². The molecule has 0 radical (unpaired) electrons. The Bertz CT molecular complexity index is 440. The second-order valence-electron chi connectivity index (χ2n) is 3.18. The van der Waals surface area contributed by atoms with Gasteiger partial charge in [-0.25, -0.2) is 4.98 Å². The molecule has 0 aliphatic rings. The molecular formula is C11H11ClN2S. The first-order valence-corrected chi connectivity index (χ1v) is 6.34. The Morgan fingerprint density at radius 3 is 3.00 bits per heavy atom. The third-order valence-electron chi connectivity index (χ3n) is 2.13. The van der Waals surface area contributed by atoms with Gasteiger partial charge in [-0.3, -0.25) is 0 Å². The Morgan fingerprint density at radius 2 is 2.33 bits per heavy atom. The van der Waals surface area contributed by atoms with Gasteiger partial charge >= 0.3 is 0 Å². The third-order valence-corrected chi connectivity index (χ3v) is 2.96. The van der Waals surface area contributed by atoms with Crippen LogP contribution in [0.2, 0.25) is 5.02 Å². The molecule has 0 spiro atoms. The third kappa shape index (κ3) is 2.36. The van der Waals surface area contributed by atoms with Gasteiger partial charge in [0.25, 0.3) is 0 Å². The van der Waals surface area contributed by atoms with E-state index in [1.165, 1.54) is 5.56 Å². The molecule has 0 unspecified atom stereocenters. The standard InChI is InChI=1S/C11H11ClN2S/c1-15-7-9-2-3-10(12)6-11(9)14-5-4-13-8-14/h2-6,8H,7H2,1H3. The van der Waals surface area contributed by atoms with Crippen LogP contribution in [-0.4, -0.2) is 15.8 Å². The number of nitrogens with zero attached hydrogens (tertiary/aromatic N) is 2. The summed E-state index contributed by atoms with van der Waals surface area (Å²) in [7, 11) is 0. The average Bonchev–Trinajstić information content (AvgIpc) is 2.74. The van der Waals surface area contributed by atoms with Crippen LogP contribution < -0.4 is 0 Å². The van der Waals surface area contributed by atoms with E-state index in [0.29, 0.717) is 0 Å². The maximum Gasteiger partial charge on any atom is 0.0991 e. The van der Waals surface area contributed by atoms with Crippen LogP contribution in [-0.2, 0) is 5.75 Å². The van der Waals surface area contributed by atoms with Crippen LogP contribution >= 0.6 is 23.4 Å². The quantitative estimate of drug-likeness (QED) is 0.816. The number of thioether (sulfide) groups is 1. The van der Waals surface area contributed by atoms with Crippen LogP contribution in [0.3, 0.4) is 0 Å². The summed E-state index contributed by atoms with van der Waals surface area (Å²) < 4.78 is 1.98. The molecule has 1 aromatic carbocycles. The highest BCUT2D eigenvalue weighted by Crippen LogP contribution is 2.22. The zero-order valence-electron chi connectivity index (χ0n) is 8.35. The first-order valence-electron chi connectivity index (χ1n) is 4.57. The van der Waals surface area contributed by atoms with Crippen LogP contribution in [0.25, 0.3) is 5.69 Å². The van der Waals surface area contributed by atoms with Gasteiger partial charge in [-0.1, -0.05) is 17.7 Å². The van der Waals surface area contributed by atoms with Gasteiger partial charge in [-0.15, -0.1) is 0 Å². The number of halogens is 1. The number of benzene rings is 1. The van der Waals surface area contributed by atoms with E-state index < -0.39 is 0 Å². The maximum absolute atomic E-state index is 5.99. The molecule has 0 atom stereocenters. The SMILES string of the molecule is CSCc1ccc(Cl)cc1-n1ccnc1. The molecule has 78 valence electrons. The number of imidazole rings is 1. The van der Waals surface area contributed by atoms with Gasteiger partial charge < -0.3 is 4.57 Å². The molecule has 0 amide bonds. The summed E-state index contributed by atoms with van der Waals surface area (Å²) in [6.45, 7) is 0. The summed E-state index contributed by atoms with van der Waals surface area (Å²) in [6.07, 6.45) is 7.57. The van der Waals surface area contributed by atoms with Crippen molar-refractivity contribution in [3.63, 3.8) is 0 Å². The van der Waals surface area contributed by atoms with Crippen LogP contribution in [0.4, 0.5) is 0 Å². The van der Waals surface area contributed by atoms with Crippen molar-refractivity contribution in [2.45, 2.75) is 5.75 Å². The van der Waals surface area contributed by atoms with E-state index >= 15 is 0 Å². The first-order chi connectivity index (χ1) is 7.31. The van der Waals surface area contributed by atoms with Gasteiger partial charge in [0.15, 0.2) is 0 Å². The molecule has 2 rings (SSSR count). The van der Waals surface area contributed by atoms with Gasteiger partial charge in [0.05, 0.1) is 12.0 Å². The zero-order chi connectivity index (χ0) is 10.7. The summed E-state index contributed by atoms with van der Waals surface area (Å²) in [5, 5.41) is 0.753. The van der Waals surface area contributed by atoms with Crippen molar-refractivity contribution in [2.24, 2.45) is 0 Å². The molecule has 0 aliphatic carbocycles. The maximum atomic E-state index is 5.99. The van der Waals surface area contributed by atoms with Crippen molar-refractivity contribution >= 4 is 23.4 Å². The van der Waals surface area contributed by atoms with Crippen molar-refractivity contribution in [1.29, 1.82) is 0 Å². The lowest BCUT2D eigenvalue weighted by molar-refractivity contribution is 1.04. The summed E-state index contributed by atoms with van der Waals surface area (Å²) in [5.41, 5.74) is 2.37. The minimum Gasteiger partial charge on any atom is -0.306 e. The largest absolute Gasteiger partial charge is 0.306 e. The van der Waals surface area contributed by atoms with E-state index in [1.54, 1.807) is 24.3 Å². The summed E-state index contributed by atoms with van der Waals surface area (Å²) in [4.78, 5) is 4.04. The highest BCUT2D eigenvalue weighted by atomic mass is 35.5. The van der Waals surface area contributed by atoms with Gasteiger partial charge in [-0.2, -0.15) is 11.8 Å². The molecule has 0 bridgehead atoms. The minimum absolute atomic E-state index is 0.753. The Kier molecular flexibility index (Phi) is 3.34. The van der Waals surface area contributed by atoms with Crippen LogP contribution in [0, 0.1) is 0 Å². The smallest absolute Gasteiger partial charge is 0.0991 e. The summed E-state index contributed by atoms with van der Waals surface area (Å²) >= 11 is 7.79.